The van der Waals surface area contributed by atoms with Crippen molar-refractivity contribution in [2.24, 2.45) is 0 Å². The molecule has 20 heavy (non-hydrogen) atoms. The highest BCUT2D eigenvalue weighted by Gasteiger charge is 2.17. The lowest BCUT2D eigenvalue weighted by molar-refractivity contribution is 0.0144. The monoisotopic (exact) mass is 294 g/mol. The number of thiophene rings is 1. The third-order valence-corrected chi connectivity index (χ3v) is 4.02. The van der Waals surface area contributed by atoms with Gasteiger partial charge in [-0.3, -0.25) is 0 Å². The van der Waals surface area contributed by atoms with E-state index in [0.29, 0.717) is 24.7 Å². The van der Waals surface area contributed by atoms with Gasteiger partial charge in [0, 0.05) is 10.3 Å². The maximum Gasteiger partial charge on any atom is 0.346 e. The van der Waals surface area contributed by atoms with Crippen molar-refractivity contribution in [1.29, 1.82) is 0 Å². The lowest BCUT2D eigenvalue weighted by atomic mass is 10.1. The van der Waals surface area contributed by atoms with Crippen molar-refractivity contribution in [3.63, 3.8) is 0 Å². The molecule has 1 aromatic heterocycles. The van der Waals surface area contributed by atoms with Gasteiger partial charge in [-0.1, -0.05) is 18.2 Å². The van der Waals surface area contributed by atoms with Crippen LogP contribution in [-0.4, -0.2) is 30.4 Å². The van der Waals surface area contributed by atoms with Crippen LogP contribution in [0.2, 0.25) is 0 Å². The first kappa shape index (κ1) is 15.0. The molecule has 0 bridgehead atoms. The van der Waals surface area contributed by atoms with Gasteiger partial charge in [0.15, 0.2) is 0 Å². The fraction of sp³-hybridized carbons (Fsp3) is 0.400. The van der Waals surface area contributed by atoms with Crippen LogP contribution in [-0.2, 0) is 16.1 Å². The van der Waals surface area contributed by atoms with Crippen LogP contribution < -0.4 is 0 Å². The Hall–Kier alpha value is -1.43. The number of carboxylic acid groups (broad SMARTS) is 1. The fourth-order valence-electron chi connectivity index (χ4n) is 1.93. The number of ether oxygens (including phenoxy) is 2. The molecule has 0 atom stereocenters. The van der Waals surface area contributed by atoms with Gasteiger partial charge >= 0.3 is 5.97 Å². The Kier molecular flexibility index (Phi) is 5.11. The molecule has 1 heterocycles. The predicted molar refractivity (Wildman–Crippen MR) is 79.5 cm³/mol. The van der Waals surface area contributed by atoms with Crippen molar-refractivity contribution in [3.05, 3.63) is 34.7 Å². The Morgan fingerprint density at radius 2 is 2.05 bits per heavy atom. The van der Waals surface area contributed by atoms with E-state index in [1.807, 2.05) is 38.1 Å². The van der Waals surface area contributed by atoms with Gasteiger partial charge in [-0.15, -0.1) is 11.3 Å². The average molecular weight is 294 g/mol. The van der Waals surface area contributed by atoms with Crippen LogP contribution in [0.3, 0.4) is 0 Å². The maximum atomic E-state index is 11.3. The quantitative estimate of drug-likeness (QED) is 0.794. The lowest BCUT2D eigenvalue weighted by Crippen LogP contribution is -2.10. The van der Waals surface area contributed by atoms with Crippen LogP contribution in [0.1, 0.15) is 29.1 Å². The molecule has 0 unspecified atom stereocenters. The highest BCUT2D eigenvalue weighted by atomic mass is 32.1. The van der Waals surface area contributed by atoms with Crippen LogP contribution in [0, 0.1) is 0 Å². The predicted octanol–water partition coefficient (Wildman–Crippen LogP) is 3.54. The van der Waals surface area contributed by atoms with Crippen molar-refractivity contribution in [2.45, 2.75) is 26.6 Å². The van der Waals surface area contributed by atoms with Gasteiger partial charge in [-0.2, -0.15) is 0 Å². The molecule has 2 aromatic rings. The summed E-state index contributed by atoms with van der Waals surface area (Å²) in [6.07, 6.45) is 0.176. The zero-order valence-electron chi connectivity index (χ0n) is 11.6. The highest BCUT2D eigenvalue weighted by Crippen LogP contribution is 2.31. The minimum atomic E-state index is -0.900. The smallest absolute Gasteiger partial charge is 0.346 e. The number of rotatable bonds is 7. The summed E-state index contributed by atoms with van der Waals surface area (Å²) in [5, 5.41) is 10.2. The van der Waals surface area contributed by atoms with Crippen LogP contribution in [0.25, 0.3) is 10.1 Å². The van der Waals surface area contributed by atoms with E-state index in [4.69, 9.17) is 9.47 Å². The fourth-order valence-corrected chi connectivity index (χ4v) is 2.98. The molecule has 1 N–H and O–H groups in total. The largest absolute Gasteiger partial charge is 0.477 e. The van der Waals surface area contributed by atoms with Crippen molar-refractivity contribution in [2.75, 3.05) is 13.2 Å². The van der Waals surface area contributed by atoms with Crippen molar-refractivity contribution >= 4 is 27.4 Å². The van der Waals surface area contributed by atoms with Gasteiger partial charge in [-0.05, 0) is 25.3 Å². The highest BCUT2D eigenvalue weighted by molar-refractivity contribution is 7.21. The summed E-state index contributed by atoms with van der Waals surface area (Å²) in [4.78, 5) is 11.7. The second kappa shape index (κ2) is 6.83. The third-order valence-electron chi connectivity index (χ3n) is 2.82. The summed E-state index contributed by atoms with van der Waals surface area (Å²) in [5.74, 6) is -0.900. The number of hydrogen-bond donors (Lipinski definition) is 1. The van der Waals surface area contributed by atoms with E-state index in [1.165, 1.54) is 11.3 Å². The molecule has 1 aromatic carbocycles. The Balaban J connectivity index is 2.08. The van der Waals surface area contributed by atoms with Gasteiger partial charge in [0.1, 0.15) is 4.88 Å². The number of aromatic carboxylic acids is 1. The van der Waals surface area contributed by atoms with Crippen LogP contribution >= 0.6 is 11.3 Å². The Bertz CT molecular complexity index is 589. The number of hydrogen-bond acceptors (Lipinski definition) is 4. The van der Waals surface area contributed by atoms with E-state index in [1.54, 1.807) is 0 Å². The second-order valence-corrected chi connectivity index (χ2v) is 5.74. The molecule has 5 heteroatoms. The van der Waals surface area contributed by atoms with E-state index in [0.717, 1.165) is 15.6 Å². The summed E-state index contributed by atoms with van der Waals surface area (Å²) in [7, 11) is 0. The molecule has 0 fully saturated rings. The molecule has 0 aliphatic rings. The summed E-state index contributed by atoms with van der Waals surface area (Å²) < 4.78 is 11.9. The molecule has 4 nitrogen and oxygen atoms in total. The van der Waals surface area contributed by atoms with Crippen molar-refractivity contribution in [3.8, 4) is 0 Å². The van der Waals surface area contributed by atoms with Crippen LogP contribution in [0.4, 0.5) is 0 Å². The summed E-state index contributed by atoms with van der Waals surface area (Å²) in [5.41, 5.74) is 0.752. The van der Waals surface area contributed by atoms with E-state index in [2.05, 4.69) is 0 Å². The summed E-state index contributed by atoms with van der Waals surface area (Å²) >= 11 is 1.29. The SMILES string of the molecule is CC(C)OCCOCc1c(C(=O)O)sc2ccccc12. The van der Waals surface area contributed by atoms with Gasteiger partial charge in [0.25, 0.3) is 0 Å². The van der Waals surface area contributed by atoms with E-state index in [9.17, 15) is 9.90 Å². The molecule has 0 aliphatic heterocycles. The van der Waals surface area contributed by atoms with Gasteiger partial charge < -0.3 is 14.6 Å². The molecule has 108 valence electrons. The number of benzene rings is 1. The van der Waals surface area contributed by atoms with E-state index < -0.39 is 5.97 Å². The lowest BCUT2D eigenvalue weighted by Gasteiger charge is -2.08. The molecule has 2 rings (SSSR count). The molecule has 0 saturated heterocycles. The van der Waals surface area contributed by atoms with Crippen molar-refractivity contribution < 1.29 is 19.4 Å². The topological polar surface area (TPSA) is 55.8 Å². The minimum Gasteiger partial charge on any atom is -0.477 e. The van der Waals surface area contributed by atoms with E-state index >= 15 is 0 Å². The third kappa shape index (κ3) is 3.56. The number of fused-ring (bicyclic) bond motifs is 1. The molecular formula is C15H18O4S. The molecule has 0 spiro atoms. The minimum absolute atomic E-state index is 0.176. The van der Waals surface area contributed by atoms with Crippen LogP contribution in [0.5, 0.6) is 0 Å². The average Bonchev–Trinajstić information content (AvgIpc) is 2.77. The Morgan fingerprint density at radius 1 is 1.30 bits per heavy atom. The molecule has 0 radical (unpaired) electrons. The zero-order chi connectivity index (χ0) is 14.5. The molecule has 0 aliphatic carbocycles. The van der Waals surface area contributed by atoms with Crippen molar-refractivity contribution in [1.82, 2.24) is 0 Å². The zero-order valence-corrected chi connectivity index (χ0v) is 12.4. The first-order chi connectivity index (χ1) is 9.59. The summed E-state index contributed by atoms with van der Waals surface area (Å²) in [6.45, 7) is 5.21. The molecular weight excluding hydrogens is 276 g/mol. The molecule has 0 saturated carbocycles. The maximum absolute atomic E-state index is 11.3. The first-order valence-corrected chi connectivity index (χ1v) is 7.34. The molecule has 0 amide bonds. The van der Waals surface area contributed by atoms with E-state index in [-0.39, 0.29) is 6.10 Å². The number of carboxylic acids is 1. The van der Waals surface area contributed by atoms with Crippen LogP contribution in [0.15, 0.2) is 24.3 Å². The normalized spacial score (nSPS) is 11.3. The Labute approximate surface area is 121 Å². The second-order valence-electron chi connectivity index (χ2n) is 4.68. The van der Waals surface area contributed by atoms with Gasteiger partial charge in [-0.25, -0.2) is 4.79 Å². The number of carbonyl (C=O) groups is 1. The van der Waals surface area contributed by atoms with Gasteiger partial charge in [0.05, 0.1) is 25.9 Å². The standard InChI is InChI=1S/C15H18O4S/c1-10(2)19-8-7-18-9-12-11-5-3-4-6-13(11)20-14(12)15(16)17/h3-6,10H,7-9H2,1-2H3,(H,16,17). The Morgan fingerprint density at radius 3 is 2.75 bits per heavy atom. The summed E-state index contributed by atoms with van der Waals surface area (Å²) in [6, 6.07) is 7.68. The van der Waals surface area contributed by atoms with Gasteiger partial charge in [0.2, 0.25) is 0 Å². The first-order valence-electron chi connectivity index (χ1n) is 6.52.